The predicted octanol–water partition coefficient (Wildman–Crippen LogP) is 25.8. The third-order valence-corrected chi connectivity index (χ3v) is 21.5. The highest BCUT2D eigenvalue weighted by Gasteiger charge is 2.32. The molecule has 7 nitrogen and oxygen atoms in total. The van der Waals surface area contributed by atoms with Gasteiger partial charge in [0.15, 0.2) is 5.58 Å². The van der Waals surface area contributed by atoms with Crippen LogP contribution in [0.2, 0.25) is 0 Å². The average molecular weight is 1340 g/mol. The molecular weight excluding hydrogens is 1280 g/mol. The second-order valence-electron chi connectivity index (χ2n) is 27.2. The van der Waals surface area contributed by atoms with Crippen molar-refractivity contribution < 1.29 is 4.42 Å². The molecule has 0 bridgehead atoms. The fourth-order valence-corrected chi connectivity index (χ4v) is 16.8. The van der Waals surface area contributed by atoms with E-state index in [4.69, 9.17) is 9.40 Å². The van der Waals surface area contributed by atoms with Crippen LogP contribution < -0.4 is 0 Å². The highest BCUT2D eigenvalue weighted by Crippen LogP contribution is 2.54. The van der Waals surface area contributed by atoms with E-state index >= 15 is 0 Å². The molecule has 16 aromatic carbocycles. The Balaban J connectivity index is 0.713. The van der Waals surface area contributed by atoms with E-state index < -0.39 is 0 Å². The summed E-state index contributed by atoms with van der Waals surface area (Å²) in [7, 11) is 0. The van der Waals surface area contributed by atoms with Gasteiger partial charge < -0.3 is 22.7 Å². The van der Waals surface area contributed by atoms with Crippen LogP contribution in [0, 0.1) is 11.3 Å². The first-order chi connectivity index (χ1) is 52.1. The molecule has 0 aliphatic carbocycles. The summed E-state index contributed by atoms with van der Waals surface area (Å²) >= 11 is 0. The largest absolute Gasteiger partial charge is 0.436 e. The van der Waals surface area contributed by atoms with Crippen molar-refractivity contribution in [1.29, 1.82) is 5.26 Å². The van der Waals surface area contributed by atoms with Gasteiger partial charge in [-0.2, -0.15) is 5.26 Å². The summed E-state index contributed by atoms with van der Waals surface area (Å²) < 4.78 is 16.4. The van der Waals surface area contributed by atoms with Crippen LogP contribution in [0.15, 0.2) is 368 Å². The Bertz CT molecular complexity index is 6970. The maximum absolute atomic E-state index is 12.1. The molecule has 0 N–H and O–H groups in total. The normalized spacial score (nSPS) is 11.8. The van der Waals surface area contributed by atoms with Crippen LogP contribution in [0.25, 0.3) is 199 Å². The Morgan fingerprint density at radius 1 is 0.229 bits per heavy atom. The van der Waals surface area contributed by atoms with Crippen molar-refractivity contribution in [2.75, 3.05) is 0 Å². The Labute approximate surface area is 604 Å². The van der Waals surface area contributed by atoms with E-state index in [2.05, 4.69) is 352 Å². The van der Waals surface area contributed by atoms with E-state index in [1.54, 1.807) is 0 Å². The zero-order chi connectivity index (χ0) is 69.2. The SMILES string of the molecule is N#Cc1c(-c2ccccc2)c(-c2ccc(-n3c4ccccc4c4cc(-c5ccc(-n6c7ccccc7c7ccccc76)cc5)ccc43)cc2)c(-c2ccc(-n3c4ccccc4c4cc(-c5ccc(-n6c7ccccc7c7ccccc76)cc5)ccc43)cc2)c(-c2ccccc2)c1-c1nc2ccccc2o1. The van der Waals surface area contributed by atoms with Gasteiger partial charge in [-0.15, -0.1) is 0 Å². The molecule has 0 saturated heterocycles. The molecule has 5 aromatic heterocycles. The molecule has 21 aromatic rings. The Morgan fingerprint density at radius 3 is 0.876 bits per heavy atom. The Kier molecular flexibility index (Phi) is 13.6. The lowest BCUT2D eigenvalue weighted by molar-refractivity contribution is 0.620. The quantitative estimate of drug-likeness (QED) is 0.130. The molecule has 488 valence electrons. The lowest BCUT2D eigenvalue weighted by Crippen LogP contribution is -2.03. The van der Waals surface area contributed by atoms with Gasteiger partial charge in [0.05, 0.1) is 55.3 Å². The van der Waals surface area contributed by atoms with Gasteiger partial charge in [0.1, 0.15) is 11.6 Å². The maximum atomic E-state index is 12.1. The number of hydrogen-bond acceptors (Lipinski definition) is 3. The molecule has 0 saturated carbocycles. The summed E-state index contributed by atoms with van der Waals surface area (Å²) in [6.45, 7) is 0. The number of nitriles is 1. The van der Waals surface area contributed by atoms with E-state index in [1.807, 2.05) is 36.4 Å². The van der Waals surface area contributed by atoms with Crippen molar-refractivity contribution in [3.8, 4) is 107 Å². The third-order valence-electron chi connectivity index (χ3n) is 21.5. The standard InChI is InChI=1S/C98H60N6O/c99-61-82-93(64-21-3-1-4-22-64)94(66-43-53-72(54-44-66)103-88-36-18-11-29-78(88)80-59-68(47-57-90(80)103)62-39-49-70(50-40-62)101-84-32-14-7-25-74(84)75-26-8-15-33-85(75)101)95(96(65-23-5-2-6-24-65)97(82)98-100-83-31-13-20-38-92(83)105-98)67-45-55-73(56-46-67)104-89-37-19-12-30-79(89)81-60-69(48-58-91(81)104)63-41-51-71(52-42-63)102-86-34-16-9-27-76(86)77-28-10-17-35-87(77)102/h1-60H. The van der Waals surface area contributed by atoms with Gasteiger partial charge in [0.2, 0.25) is 5.89 Å². The summed E-state index contributed by atoms with van der Waals surface area (Å²) in [6.07, 6.45) is 0. The van der Waals surface area contributed by atoms with Gasteiger partial charge in [-0.05, 0) is 177 Å². The van der Waals surface area contributed by atoms with Gasteiger partial charge >= 0.3 is 0 Å². The summed E-state index contributed by atoms with van der Waals surface area (Å²) in [5, 5.41) is 21.7. The monoisotopic (exact) mass is 1340 g/mol. The Hall–Kier alpha value is -14.3. The first-order valence-electron chi connectivity index (χ1n) is 35.6. The van der Waals surface area contributed by atoms with Crippen molar-refractivity contribution in [2.24, 2.45) is 0 Å². The second-order valence-corrected chi connectivity index (χ2v) is 27.2. The zero-order valence-electron chi connectivity index (χ0n) is 56.7. The van der Waals surface area contributed by atoms with Gasteiger partial charge in [-0.25, -0.2) is 4.98 Å². The second kappa shape index (κ2) is 23.9. The number of oxazole rings is 1. The summed E-state index contributed by atoms with van der Waals surface area (Å²) in [4.78, 5) is 5.23. The summed E-state index contributed by atoms with van der Waals surface area (Å²) in [5.41, 5.74) is 27.7. The Morgan fingerprint density at radius 2 is 0.505 bits per heavy atom. The highest BCUT2D eigenvalue weighted by atomic mass is 16.3. The number of fused-ring (bicyclic) bond motifs is 13. The molecule has 21 rings (SSSR count). The summed E-state index contributed by atoms with van der Waals surface area (Å²) in [6, 6.07) is 133. The van der Waals surface area contributed by atoms with E-state index in [1.165, 1.54) is 65.2 Å². The maximum Gasteiger partial charge on any atom is 0.229 e. The van der Waals surface area contributed by atoms with E-state index in [0.717, 1.165) is 112 Å². The molecule has 0 radical (unpaired) electrons. The molecule has 0 aliphatic rings. The van der Waals surface area contributed by atoms with E-state index in [9.17, 15) is 5.26 Å². The molecule has 105 heavy (non-hydrogen) atoms. The van der Waals surface area contributed by atoms with Crippen LogP contribution in [0.3, 0.4) is 0 Å². The molecule has 5 heterocycles. The zero-order valence-corrected chi connectivity index (χ0v) is 56.7. The lowest BCUT2D eigenvalue weighted by atomic mass is 9.77. The molecule has 0 aliphatic heterocycles. The molecule has 7 heteroatoms. The van der Waals surface area contributed by atoms with Crippen LogP contribution in [-0.4, -0.2) is 23.3 Å². The van der Waals surface area contributed by atoms with Gasteiger partial charge in [0.25, 0.3) is 0 Å². The van der Waals surface area contributed by atoms with Crippen molar-refractivity contribution in [2.45, 2.75) is 0 Å². The van der Waals surface area contributed by atoms with Crippen molar-refractivity contribution >= 4 is 98.3 Å². The fraction of sp³-hybridized carbons (Fsp3) is 0. The molecule has 0 atom stereocenters. The van der Waals surface area contributed by atoms with Crippen LogP contribution in [0.4, 0.5) is 0 Å². The molecule has 0 fully saturated rings. The number of nitrogens with zero attached hydrogens (tertiary/aromatic N) is 6. The third kappa shape index (κ3) is 9.41. The first-order valence-corrected chi connectivity index (χ1v) is 35.6. The minimum absolute atomic E-state index is 0.373. The van der Waals surface area contributed by atoms with E-state index in [-0.39, 0.29) is 0 Å². The first kappa shape index (κ1) is 59.5. The molecule has 0 amide bonds. The van der Waals surface area contributed by atoms with Crippen LogP contribution >= 0.6 is 0 Å². The number of aromatic nitrogens is 5. The van der Waals surface area contributed by atoms with Crippen LogP contribution in [0.5, 0.6) is 0 Å². The topological polar surface area (TPSA) is 69.5 Å². The van der Waals surface area contributed by atoms with Crippen molar-refractivity contribution in [1.82, 2.24) is 23.3 Å². The molecule has 0 spiro atoms. The number of benzene rings is 16. The minimum atomic E-state index is 0.373. The number of rotatable bonds is 11. The fourth-order valence-electron chi connectivity index (χ4n) is 16.8. The van der Waals surface area contributed by atoms with Crippen molar-refractivity contribution in [3.05, 3.63) is 370 Å². The van der Waals surface area contributed by atoms with E-state index in [0.29, 0.717) is 28.1 Å². The lowest BCUT2D eigenvalue weighted by Gasteiger charge is -2.25. The number of para-hydroxylation sites is 8. The average Bonchev–Trinajstić information content (AvgIpc) is 1.01. The number of hydrogen-bond donors (Lipinski definition) is 0. The van der Waals surface area contributed by atoms with Gasteiger partial charge in [-0.3, -0.25) is 0 Å². The highest BCUT2D eigenvalue weighted by molar-refractivity contribution is 6.15. The smallest absolute Gasteiger partial charge is 0.229 e. The summed E-state index contributed by atoms with van der Waals surface area (Å²) in [5.74, 6) is 0.373. The van der Waals surface area contributed by atoms with Gasteiger partial charge in [0, 0.05) is 77.0 Å². The molecular formula is C98H60N6O. The molecule has 0 unspecified atom stereocenters. The van der Waals surface area contributed by atoms with Crippen molar-refractivity contribution in [3.63, 3.8) is 0 Å². The minimum Gasteiger partial charge on any atom is -0.436 e. The van der Waals surface area contributed by atoms with Gasteiger partial charge in [-0.1, -0.05) is 243 Å². The van der Waals surface area contributed by atoms with Crippen LogP contribution in [0.1, 0.15) is 5.56 Å². The predicted molar refractivity (Wildman–Crippen MR) is 434 cm³/mol. The van der Waals surface area contributed by atoms with Crippen LogP contribution in [-0.2, 0) is 0 Å².